The van der Waals surface area contributed by atoms with Gasteiger partial charge in [-0.15, -0.1) is 11.3 Å². The number of hydrogen-bond donors (Lipinski definition) is 1. The molecule has 1 aromatic rings. The van der Waals surface area contributed by atoms with E-state index in [1.807, 2.05) is 11.3 Å². The van der Waals surface area contributed by atoms with E-state index in [9.17, 15) is 0 Å². The second kappa shape index (κ2) is 8.25. The van der Waals surface area contributed by atoms with Crippen molar-refractivity contribution < 1.29 is 0 Å². The Labute approximate surface area is 134 Å². The quantitative estimate of drug-likeness (QED) is 0.830. The van der Waals surface area contributed by atoms with Gasteiger partial charge in [0, 0.05) is 30.4 Å². The summed E-state index contributed by atoms with van der Waals surface area (Å²) in [6, 6.07) is 0.754. The first-order chi connectivity index (χ1) is 10.1. The highest BCUT2D eigenvalue weighted by atomic mass is 32.1. The Morgan fingerprint density at radius 2 is 2.19 bits per heavy atom. The van der Waals surface area contributed by atoms with Gasteiger partial charge in [0.1, 0.15) is 0 Å². The fourth-order valence-electron chi connectivity index (χ4n) is 3.07. The van der Waals surface area contributed by atoms with Crippen LogP contribution in [-0.4, -0.2) is 35.6 Å². The largest absolute Gasteiger partial charge is 0.312 e. The molecule has 1 N–H and O–H groups in total. The molecule has 0 aromatic carbocycles. The van der Waals surface area contributed by atoms with E-state index in [1.165, 1.54) is 47.9 Å². The van der Waals surface area contributed by atoms with Crippen molar-refractivity contribution in [1.82, 2.24) is 15.2 Å². The van der Waals surface area contributed by atoms with Crippen LogP contribution in [0.25, 0.3) is 0 Å². The van der Waals surface area contributed by atoms with Crippen LogP contribution in [0.2, 0.25) is 0 Å². The van der Waals surface area contributed by atoms with Gasteiger partial charge in [0.2, 0.25) is 0 Å². The average molecular weight is 310 g/mol. The number of hydrogen-bond acceptors (Lipinski definition) is 4. The van der Waals surface area contributed by atoms with Crippen LogP contribution in [0.3, 0.4) is 0 Å². The number of nitrogens with zero attached hydrogens (tertiary/aromatic N) is 2. The standard InChI is InChI=1S/C17H31N3S/c1-5-18-12-15-17(13(2)3)19-16(21-15)9-11-20-10-7-6-8-14(20)4/h13-14,18H,5-12H2,1-4H3. The predicted octanol–water partition coefficient (Wildman–Crippen LogP) is 3.79. The number of likely N-dealkylation sites (tertiary alicyclic amines) is 1. The molecular formula is C17H31N3S. The van der Waals surface area contributed by atoms with Crippen molar-refractivity contribution in [3.63, 3.8) is 0 Å². The second-order valence-corrected chi connectivity index (χ2v) is 7.65. The topological polar surface area (TPSA) is 28.2 Å². The van der Waals surface area contributed by atoms with Crippen molar-refractivity contribution in [3.8, 4) is 0 Å². The summed E-state index contributed by atoms with van der Waals surface area (Å²) in [5.74, 6) is 0.526. The highest BCUT2D eigenvalue weighted by Crippen LogP contribution is 2.26. The lowest BCUT2D eigenvalue weighted by atomic mass is 10.0. The summed E-state index contributed by atoms with van der Waals surface area (Å²) >= 11 is 1.92. The molecule has 120 valence electrons. The molecule has 0 aliphatic carbocycles. The molecular weight excluding hydrogens is 278 g/mol. The van der Waals surface area contributed by atoms with E-state index in [2.05, 4.69) is 37.9 Å². The van der Waals surface area contributed by atoms with Gasteiger partial charge >= 0.3 is 0 Å². The van der Waals surface area contributed by atoms with Crippen molar-refractivity contribution in [2.45, 2.75) is 71.9 Å². The van der Waals surface area contributed by atoms with Crippen LogP contribution in [0, 0.1) is 0 Å². The Hall–Kier alpha value is -0.450. The third-order valence-electron chi connectivity index (χ3n) is 4.41. The molecule has 1 unspecified atom stereocenters. The summed E-state index contributed by atoms with van der Waals surface area (Å²) in [6.45, 7) is 13.5. The zero-order chi connectivity index (χ0) is 15.2. The molecule has 3 nitrogen and oxygen atoms in total. The SMILES string of the molecule is CCNCc1sc(CCN2CCCCC2C)nc1C(C)C. The zero-order valence-corrected chi connectivity index (χ0v) is 14.9. The van der Waals surface area contributed by atoms with Gasteiger partial charge in [0.05, 0.1) is 10.7 Å². The molecule has 21 heavy (non-hydrogen) atoms. The maximum Gasteiger partial charge on any atom is 0.0944 e. The van der Waals surface area contributed by atoms with E-state index in [4.69, 9.17) is 4.98 Å². The molecule has 1 atom stereocenters. The van der Waals surface area contributed by atoms with Gasteiger partial charge in [-0.2, -0.15) is 0 Å². The summed E-state index contributed by atoms with van der Waals surface area (Å²) in [6.07, 6.45) is 5.24. The van der Waals surface area contributed by atoms with Crippen LogP contribution >= 0.6 is 11.3 Å². The highest BCUT2D eigenvalue weighted by Gasteiger charge is 2.19. The molecule has 1 aliphatic heterocycles. The lowest BCUT2D eigenvalue weighted by molar-refractivity contribution is 0.163. The van der Waals surface area contributed by atoms with Crippen LogP contribution in [0.4, 0.5) is 0 Å². The first kappa shape index (κ1) is 16.9. The van der Waals surface area contributed by atoms with Gasteiger partial charge < -0.3 is 10.2 Å². The molecule has 4 heteroatoms. The molecule has 0 amide bonds. The van der Waals surface area contributed by atoms with E-state index in [1.54, 1.807) is 0 Å². The summed E-state index contributed by atoms with van der Waals surface area (Å²) in [5.41, 5.74) is 1.31. The van der Waals surface area contributed by atoms with Crippen LogP contribution in [0.5, 0.6) is 0 Å². The third kappa shape index (κ3) is 4.76. The number of nitrogens with one attached hydrogen (secondary N) is 1. The van der Waals surface area contributed by atoms with E-state index >= 15 is 0 Å². The van der Waals surface area contributed by atoms with Crippen molar-refractivity contribution in [2.75, 3.05) is 19.6 Å². The van der Waals surface area contributed by atoms with E-state index < -0.39 is 0 Å². The van der Waals surface area contributed by atoms with Crippen LogP contribution in [0.15, 0.2) is 0 Å². The Morgan fingerprint density at radius 3 is 2.86 bits per heavy atom. The first-order valence-corrected chi connectivity index (χ1v) is 9.36. The lowest BCUT2D eigenvalue weighted by Crippen LogP contribution is -2.38. The zero-order valence-electron chi connectivity index (χ0n) is 14.1. The van der Waals surface area contributed by atoms with E-state index in [-0.39, 0.29) is 0 Å². The first-order valence-electron chi connectivity index (χ1n) is 8.55. The summed E-state index contributed by atoms with van der Waals surface area (Å²) in [7, 11) is 0. The third-order valence-corrected chi connectivity index (χ3v) is 5.54. The maximum absolute atomic E-state index is 4.92. The van der Waals surface area contributed by atoms with Gasteiger partial charge in [-0.3, -0.25) is 0 Å². The minimum absolute atomic E-state index is 0.526. The normalized spacial score (nSPS) is 20.3. The maximum atomic E-state index is 4.92. The van der Waals surface area contributed by atoms with Crippen LogP contribution in [0.1, 0.15) is 68.5 Å². The van der Waals surface area contributed by atoms with Crippen molar-refractivity contribution in [2.24, 2.45) is 0 Å². The average Bonchev–Trinajstić information content (AvgIpc) is 2.88. The molecule has 2 rings (SSSR count). The predicted molar refractivity (Wildman–Crippen MR) is 92.2 cm³/mol. The minimum Gasteiger partial charge on any atom is -0.312 e. The molecule has 0 bridgehead atoms. The number of aromatic nitrogens is 1. The van der Waals surface area contributed by atoms with E-state index in [0.29, 0.717) is 5.92 Å². The molecule has 0 saturated carbocycles. The smallest absolute Gasteiger partial charge is 0.0944 e. The fraction of sp³-hybridized carbons (Fsp3) is 0.824. The molecule has 1 fully saturated rings. The highest BCUT2D eigenvalue weighted by molar-refractivity contribution is 7.11. The Morgan fingerprint density at radius 1 is 1.38 bits per heavy atom. The Kier molecular flexibility index (Phi) is 6.65. The van der Waals surface area contributed by atoms with Crippen molar-refractivity contribution in [1.29, 1.82) is 0 Å². The molecule has 0 spiro atoms. The molecule has 0 radical (unpaired) electrons. The summed E-state index contributed by atoms with van der Waals surface area (Å²) in [5, 5.41) is 4.77. The molecule has 1 aliphatic rings. The van der Waals surface area contributed by atoms with Gasteiger partial charge in [-0.1, -0.05) is 27.2 Å². The second-order valence-electron chi connectivity index (χ2n) is 6.48. The van der Waals surface area contributed by atoms with E-state index in [0.717, 1.165) is 25.6 Å². The van der Waals surface area contributed by atoms with Gasteiger partial charge in [-0.25, -0.2) is 4.98 Å². The molecule has 1 saturated heterocycles. The number of rotatable bonds is 7. The van der Waals surface area contributed by atoms with Gasteiger partial charge in [0.15, 0.2) is 0 Å². The monoisotopic (exact) mass is 309 g/mol. The number of thiazole rings is 1. The lowest BCUT2D eigenvalue weighted by Gasteiger charge is -2.33. The minimum atomic E-state index is 0.526. The Bertz CT molecular complexity index is 428. The fourth-order valence-corrected chi connectivity index (χ4v) is 4.25. The summed E-state index contributed by atoms with van der Waals surface area (Å²) < 4.78 is 0. The van der Waals surface area contributed by atoms with Gasteiger partial charge in [-0.05, 0) is 38.8 Å². The number of piperidine rings is 1. The van der Waals surface area contributed by atoms with Crippen LogP contribution in [-0.2, 0) is 13.0 Å². The van der Waals surface area contributed by atoms with Crippen molar-refractivity contribution >= 4 is 11.3 Å². The van der Waals surface area contributed by atoms with Crippen molar-refractivity contribution in [3.05, 3.63) is 15.6 Å². The molecule has 1 aromatic heterocycles. The molecule has 2 heterocycles. The van der Waals surface area contributed by atoms with Gasteiger partial charge in [0.25, 0.3) is 0 Å². The summed E-state index contributed by atoms with van der Waals surface area (Å²) in [4.78, 5) is 9.01. The Balaban J connectivity index is 1.96. The van der Waals surface area contributed by atoms with Crippen LogP contribution < -0.4 is 5.32 Å².